The summed E-state index contributed by atoms with van der Waals surface area (Å²) in [6, 6.07) is 16.0. The number of carbonyl (C=O) groups is 1. The van der Waals surface area contributed by atoms with Gasteiger partial charge in [-0.25, -0.2) is 0 Å². The molecular formula is C21H23ClN2O. The Kier molecular flexibility index (Phi) is 4.43. The highest BCUT2D eigenvalue weighted by molar-refractivity contribution is 6.31. The van der Waals surface area contributed by atoms with Crippen LogP contribution in [0.4, 0.5) is 11.4 Å². The second-order valence-electron chi connectivity index (χ2n) is 7.35. The van der Waals surface area contributed by atoms with Gasteiger partial charge in [0.25, 0.3) is 0 Å². The van der Waals surface area contributed by atoms with Crippen molar-refractivity contribution >= 4 is 28.9 Å². The van der Waals surface area contributed by atoms with Crippen LogP contribution in [0.1, 0.15) is 31.2 Å². The summed E-state index contributed by atoms with van der Waals surface area (Å²) < 4.78 is 0. The highest BCUT2D eigenvalue weighted by Gasteiger charge is 2.44. The molecule has 1 N–H and O–H groups in total. The Bertz CT molecular complexity index is 774. The zero-order chi connectivity index (χ0) is 17.4. The lowest BCUT2D eigenvalue weighted by atomic mass is 10.1. The molecule has 3 atom stereocenters. The molecule has 1 aliphatic heterocycles. The fourth-order valence-corrected chi connectivity index (χ4v) is 4.04. The number of nitrogens with zero attached hydrogens (tertiary/aromatic N) is 1. The van der Waals surface area contributed by atoms with E-state index in [9.17, 15) is 4.79 Å². The van der Waals surface area contributed by atoms with Crippen molar-refractivity contribution in [2.24, 2.45) is 11.8 Å². The standard InChI is InChI=1S/C21H23ClN2O/c1-14-10-11-24(13-14)16-8-6-15(7-9-16)23-21(25)19-12-18(19)17-4-2-3-5-20(17)22/h2-9,14,18-19H,10-13H2,1H3,(H,23,25). The van der Waals surface area contributed by atoms with Crippen LogP contribution in [0.25, 0.3) is 0 Å². The van der Waals surface area contributed by atoms with E-state index in [4.69, 9.17) is 11.6 Å². The molecule has 1 saturated heterocycles. The molecule has 1 amide bonds. The first-order chi connectivity index (χ1) is 12.1. The number of anilines is 2. The summed E-state index contributed by atoms with van der Waals surface area (Å²) in [6.07, 6.45) is 2.13. The number of hydrogen-bond acceptors (Lipinski definition) is 2. The molecule has 2 aromatic carbocycles. The van der Waals surface area contributed by atoms with Crippen LogP contribution < -0.4 is 10.2 Å². The number of rotatable bonds is 4. The minimum atomic E-state index is 0.0269. The van der Waals surface area contributed by atoms with Crippen LogP contribution in [-0.4, -0.2) is 19.0 Å². The molecule has 25 heavy (non-hydrogen) atoms. The van der Waals surface area contributed by atoms with Crippen molar-refractivity contribution in [1.82, 2.24) is 0 Å². The fraction of sp³-hybridized carbons (Fsp3) is 0.381. The predicted molar refractivity (Wildman–Crippen MR) is 103 cm³/mol. The summed E-state index contributed by atoms with van der Waals surface area (Å²) in [5.41, 5.74) is 3.19. The maximum absolute atomic E-state index is 12.5. The molecular weight excluding hydrogens is 332 g/mol. The van der Waals surface area contributed by atoms with Gasteiger partial charge in [-0.1, -0.05) is 36.7 Å². The van der Waals surface area contributed by atoms with Gasteiger partial charge in [0, 0.05) is 35.4 Å². The summed E-state index contributed by atoms with van der Waals surface area (Å²) in [6.45, 7) is 4.53. The third-order valence-corrected chi connectivity index (χ3v) is 5.70. The quantitative estimate of drug-likeness (QED) is 0.844. The van der Waals surface area contributed by atoms with Crippen molar-refractivity contribution < 1.29 is 4.79 Å². The first kappa shape index (κ1) is 16.5. The first-order valence-electron chi connectivity index (χ1n) is 9.02. The second kappa shape index (κ2) is 6.72. The Morgan fingerprint density at radius 1 is 1.16 bits per heavy atom. The van der Waals surface area contributed by atoms with Crippen LogP contribution >= 0.6 is 11.6 Å². The zero-order valence-corrected chi connectivity index (χ0v) is 15.2. The summed E-state index contributed by atoms with van der Waals surface area (Å²) in [5, 5.41) is 3.81. The molecule has 4 rings (SSSR count). The summed E-state index contributed by atoms with van der Waals surface area (Å²) in [4.78, 5) is 14.9. The van der Waals surface area contributed by atoms with E-state index in [1.54, 1.807) is 0 Å². The monoisotopic (exact) mass is 354 g/mol. The van der Waals surface area contributed by atoms with Crippen LogP contribution in [0.2, 0.25) is 5.02 Å². The van der Waals surface area contributed by atoms with Gasteiger partial charge in [0.1, 0.15) is 0 Å². The molecule has 130 valence electrons. The first-order valence-corrected chi connectivity index (χ1v) is 9.40. The summed E-state index contributed by atoms with van der Waals surface area (Å²) in [7, 11) is 0. The lowest BCUT2D eigenvalue weighted by Crippen LogP contribution is -2.19. The normalized spacial score (nSPS) is 25.0. The molecule has 0 bridgehead atoms. The van der Waals surface area contributed by atoms with Crippen molar-refractivity contribution in [2.75, 3.05) is 23.3 Å². The van der Waals surface area contributed by atoms with Gasteiger partial charge >= 0.3 is 0 Å². The lowest BCUT2D eigenvalue weighted by molar-refractivity contribution is -0.117. The Morgan fingerprint density at radius 3 is 2.60 bits per heavy atom. The molecule has 1 aliphatic carbocycles. The van der Waals surface area contributed by atoms with E-state index in [0.717, 1.165) is 41.7 Å². The van der Waals surface area contributed by atoms with E-state index in [1.807, 2.05) is 36.4 Å². The highest BCUT2D eigenvalue weighted by Crippen LogP contribution is 2.50. The number of nitrogens with one attached hydrogen (secondary N) is 1. The molecule has 1 heterocycles. The van der Waals surface area contributed by atoms with E-state index in [-0.39, 0.29) is 17.7 Å². The maximum atomic E-state index is 12.5. The van der Waals surface area contributed by atoms with Gasteiger partial charge in [0.15, 0.2) is 0 Å². The Balaban J connectivity index is 1.36. The van der Waals surface area contributed by atoms with Crippen molar-refractivity contribution in [3.05, 3.63) is 59.1 Å². The van der Waals surface area contributed by atoms with Crippen molar-refractivity contribution in [2.45, 2.75) is 25.7 Å². The van der Waals surface area contributed by atoms with E-state index < -0.39 is 0 Å². The van der Waals surface area contributed by atoms with Gasteiger partial charge < -0.3 is 10.2 Å². The molecule has 0 aromatic heterocycles. The Labute approximate surface area is 154 Å². The number of benzene rings is 2. The second-order valence-corrected chi connectivity index (χ2v) is 7.75. The smallest absolute Gasteiger partial charge is 0.228 e. The summed E-state index contributed by atoms with van der Waals surface area (Å²) in [5.74, 6) is 1.13. The van der Waals surface area contributed by atoms with Crippen LogP contribution in [0.15, 0.2) is 48.5 Å². The maximum Gasteiger partial charge on any atom is 0.228 e. The van der Waals surface area contributed by atoms with Crippen molar-refractivity contribution in [3.63, 3.8) is 0 Å². The molecule has 2 aliphatic rings. The van der Waals surface area contributed by atoms with Crippen LogP contribution in [0.5, 0.6) is 0 Å². The van der Waals surface area contributed by atoms with E-state index in [1.165, 1.54) is 12.1 Å². The minimum absolute atomic E-state index is 0.0269. The van der Waals surface area contributed by atoms with E-state index in [2.05, 4.69) is 29.3 Å². The Hall–Kier alpha value is -2.00. The number of halogens is 1. The predicted octanol–water partition coefficient (Wildman–Crippen LogP) is 4.93. The average molecular weight is 355 g/mol. The van der Waals surface area contributed by atoms with Crippen LogP contribution in [0.3, 0.4) is 0 Å². The van der Waals surface area contributed by atoms with Gasteiger partial charge in [0.05, 0.1) is 0 Å². The fourth-order valence-electron chi connectivity index (χ4n) is 3.76. The van der Waals surface area contributed by atoms with Gasteiger partial charge in [-0.2, -0.15) is 0 Å². The molecule has 3 unspecified atom stereocenters. The molecule has 0 radical (unpaired) electrons. The topological polar surface area (TPSA) is 32.3 Å². The number of amides is 1. The minimum Gasteiger partial charge on any atom is -0.371 e. The highest BCUT2D eigenvalue weighted by atomic mass is 35.5. The van der Waals surface area contributed by atoms with Gasteiger partial charge in [-0.15, -0.1) is 0 Å². The lowest BCUT2D eigenvalue weighted by Gasteiger charge is -2.18. The largest absolute Gasteiger partial charge is 0.371 e. The summed E-state index contributed by atoms with van der Waals surface area (Å²) >= 11 is 6.24. The van der Waals surface area contributed by atoms with Crippen LogP contribution in [0, 0.1) is 11.8 Å². The van der Waals surface area contributed by atoms with Gasteiger partial charge in [-0.3, -0.25) is 4.79 Å². The molecule has 2 fully saturated rings. The van der Waals surface area contributed by atoms with E-state index >= 15 is 0 Å². The van der Waals surface area contributed by atoms with Gasteiger partial charge in [-0.05, 0) is 60.6 Å². The molecule has 2 aromatic rings. The third kappa shape index (κ3) is 3.52. The third-order valence-electron chi connectivity index (χ3n) is 5.36. The molecule has 4 heteroatoms. The van der Waals surface area contributed by atoms with E-state index in [0.29, 0.717) is 0 Å². The van der Waals surface area contributed by atoms with Crippen LogP contribution in [-0.2, 0) is 4.79 Å². The molecule has 3 nitrogen and oxygen atoms in total. The van der Waals surface area contributed by atoms with Gasteiger partial charge in [0.2, 0.25) is 5.91 Å². The zero-order valence-electron chi connectivity index (χ0n) is 14.4. The SMILES string of the molecule is CC1CCN(c2ccc(NC(=O)C3CC3c3ccccc3Cl)cc2)C1. The molecule has 0 spiro atoms. The number of carbonyl (C=O) groups excluding carboxylic acids is 1. The Morgan fingerprint density at radius 2 is 1.92 bits per heavy atom. The van der Waals surface area contributed by atoms with Crippen molar-refractivity contribution in [1.29, 1.82) is 0 Å². The van der Waals surface area contributed by atoms with Crippen molar-refractivity contribution in [3.8, 4) is 0 Å². The molecule has 1 saturated carbocycles. The number of hydrogen-bond donors (Lipinski definition) is 1. The average Bonchev–Trinajstić information content (AvgIpc) is 3.30.